The highest BCUT2D eigenvalue weighted by Crippen LogP contribution is 2.31. The molecule has 0 saturated carbocycles. The number of ether oxygens (including phenoxy) is 2. The molecule has 4 rings (SSSR count). The van der Waals surface area contributed by atoms with Gasteiger partial charge in [0.25, 0.3) is 0 Å². The Kier molecular flexibility index (Phi) is 5.44. The van der Waals surface area contributed by atoms with Crippen LogP contribution in [0.2, 0.25) is 0 Å². The fraction of sp³-hybridized carbons (Fsp3) is 0.304. The van der Waals surface area contributed by atoms with Crippen LogP contribution in [0.15, 0.2) is 48.5 Å². The lowest BCUT2D eigenvalue weighted by Crippen LogP contribution is -2.17. The summed E-state index contributed by atoms with van der Waals surface area (Å²) in [5.41, 5.74) is 4.60. The average molecular weight is 393 g/mol. The molecule has 0 N–H and O–H groups in total. The van der Waals surface area contributed by atoms with Crippen molar-refractivity contribution in [2.45, 2.75) is 32.6 Å². The van der Waals surface area contributed by atoms with Crippen molar-refractivity contribution in [3.05, 3.63) is 64.4 Å². The lowest BCUT2D eigenvalue weighted by molar-refractivity contribution is 0.340. The van der Waals surface area contributed by atoms with Gasteiger partial charge in [-0.1, -0.05) is 12.2 Å². The van der Waals surface area contributed by atoms with Gasteiger partial charge in [-0.25, -0.2) is 4.98 Å². The van der Waals surface area contributed by atoms with Crippen LogP contribution in [0.3, 0.4) is 0 Å². The van der Waals surface area contributed by atoms with Gasteiger partial charge in [0.15, 0.2) is 0 Å². The fourth-order valence-corrected chi connectivity index (χ4v) is 4.08. The fourth-order valence-electron chi connectivity index (χ4n) is 3.78. The summed E-state index contributed by atoms with van der Waals surface area (Å²) in [6.07, 6.45) is 4.35. The van der Waals surface area contributed by atoms with Gasteiger partial charge in [-0.15, -0.1) is 0 Å². The minimum absolute atomic E-state index is 0.658. The Morgan fingerprint density at radius 3 is 2.32 bits per heavy atom. The van der Waals surface area contributed by atoms with Crippen LogP contribution < -0.4 is 9.47 Å². The number of benzene rings is 2. The van der Waals surface area contributed by atoms with Gasteiger partial charge >= 0.3 is 0 Å². The predicted molar refractivity (Wildman–Crippen MR) is 114 cm³/mol. The second-order valence-corrected chi connectivity index (χ2v) is 7.25. The molecule has 0 amide bonds. The molecule has 2 aromatic carbocycles. The monoisotopic (exact) mass is 392 g/mol. The van der Waals surface area contributed by atoms with E-state index in [-0.39, 0.29) is 0 Å². The molecule has 5 heteroatoms. The topological polar surface area (TPSA) is 36.3 Å². The Hall–Kier alpha value is -2.66. The van der Waals surface area contributed by atoms with Crippen LogP contribution in [0.4, 0.5) is 0 Å². The highest BCUT2D eigenvalue weighted by atomic mass is 32.1. The number of hydrogen-bond acceptors (Lipinski definition) is 4. The number of aromatic nitrogens is 2. The molecule has 0 unspecified atom stereocenters. The van der Waals surface area contributed by atoms with Crippen molar-refractivity contribution < 1.29 is 9.47 Å². The van der Waals surface area contributed by atoms with Crippen LogP contribution in [0.1, 0.15) is 31.0 Å². The Morgan fingerprint density at radius 2 is 1.64 bits per heavy atom. The van der Waals surface area contributed by atoms with Crippen LogP contribution in [0, 0.1) is 4.64 Å². The number of nitrogens with zero attached hydrogens (tertiary/aromatic N) is 2. The SMILES string of the molecule is CCOc1ccc(-n2c(-c3ccc(OC)cc3)nc(=S)c3c2CCCC3)cc1. The average Bonchev–Trinajstić information content (AvgIpc) is 2.75. The molecule has 4 nitrogen and oxygen atoms in total. The normalized spacial score (nSPS) is 13.1. The Bertz CT molecular complexity index is 1020. The van der Waals surface area contributed by atoms with Gasteiger partial charge < -0.3 is 9.47 Å². The van der Waals surface area contributed by atoms with Crippen molar-refractivity contribution in [2.75, 3.05) is 13.7 Å². The van der Waals surface area contributed by atoms with Crippen molar-refractivity contribution >= 4 is 12.2 Å². The van der Waals surface area contributed by atoms with E-state index in [1.807, 2.05) is 43.3 Å². The van der Waals surface area contributed by atoms with Crippen molar-refractivity contribution in [3.63, 3.8) is 0 Å². The van der Waals surface area contributed by atoms with Gasteiger partial charge in [0, 0.05) is 22.5 Å². The van der Waals surface area contributed by atoms with Crippen molar-refractivity contribution in [1.82, 2.24) is 9.55 Å². The number of methoxy groups -OCH3 is 1. The standard InChI is InChI=1S/C23H24N2O2S/c1-3-27-19-14-10-17(11-15-19)25-21-7-5-4-6-20(21)23(28)24-22(25)16-8-12-18(26-2)13-9-16/h8-15H,3-7H2,1-2H3. The van der Waals surface area contributed by atoms with Crippen LogP contribution in [0.25, 0.3) is 17.1 Å². The first-order valence-corrected chi connectivity index (χ1v) is 10.1. The zero-order valence-corrected chi connectivity index (χ0v) is 17.1. The molecule has 28 heavy (non-hydrogen) atoms. The largest absolute Gasteiger partial charge is 0.497 e. The maximum Gasteiger partial charge on any atom is 0.146 e. The van der Waals surface area contributed by atoms with Gasteiger partial charge in [0.05, 0.1) is 13.7 Å². The second kappa shape index (κ2) is 8.15. The van der Waals surface area contributed by atoms with Gasteiger partial charge in [0.2, 0.25) is 0 Å². The summed E-state index contributed by atoms with van der Waals surface area (Å²) in [6, 6.07) is 16.2. The van der Waals surface area contributed by atoms with Crippen molar-refractivity contribution in [1.29, 1.82) is 0 Å². The van der Waals surface area contributed by atoms with Crippen LogP contribution in [-0.4, -0.2) is 23.3 Å². The molecule has 1 aromatic heterocycles. The molecule has 0 fully saturated rings. The first-order valence-electron chi connectivity index (χ1n) is 9.73. The Morgan fingerprint density at radius 1 is 0.964 bits per heavy atom. The number of rotatable bonds is 5. The highest BCUT2D eigenvalue weighted by molar-refractivity contribution is 7.71. The summed E-state index contributed by atoms with van der Waals surface area (Å²) in [6.45, 7) is 2.65. The van der Waals surface area contributed by atoms with E-state index >= 15 is 0 Å². The van der Waals surface area contributed by atoms with E-state index < -0.39 is 0 Å². The molecule has 3 aromatic rings. The molecular weight excluding hydrogens is 368 g/mol. The number of hydrogen-bond donors (Lipinski definition) is 0. The molecule has 0 radical (unpaired) electrons. The Labute approximate surface area is 170 Å². The predicted octanol–water partition coefficient (Wildman–Crippen LogP) is 5.55. The maximum atomic E-state index is 5.67. The quantitative estimate of drug-likeness (QED) is 0.533. The van der Waals surface area contributed by atoms with E-state index in [0.717, 1.165) is 46.1 Å². The molecule has 1 aliphatic rings. The molecule has 0 aliphatic heterocycles. The van der Waals surface area contributed by atoms with Crippen molar-refractivity contribution in [3.8, 4) is 28.6 Å². The summed E-state index contributed by atoms with van der Waals surface area (Å²) >= 11 is 5.67. The van der Waals surface area contributed by atoms with E-state index in [9.17, 15) is 0 Å². The summed E-state index contributed by atoms with van der Waals surface area (Å²) in [7, 11) is 1.67. The summed E-state index contributed by atoms with van der Waals surface area (Å²) in [5.74, 6) is 2.57. The molecular formula is C23H24N2O2S. The summed E-state index contributed by atoms with van der Waals surface area (Å²) in [5, 5.41) is 0. The molecule has 0 bridgehead atoms. The van der Waals surface area contributed by atoms with Gasteiger partial charge in [0.1, 0.15) is 22.0 Å². The third-order valence-corrected chi connectivity index (χ3v) is 5.48. The van der Waals surface area contributed by atoms with E-state index in [2.05, 4.69) is 16.7 Å². The maximum absolute atomic E-state index is 5.67. The third-order valence-electron chi connectivity index (χ3n) is 5.14. The zero-order valence-electron chi connectivity index (χ0n) is 16.3. The molecule has 0 spiro atoms. The summed E-state index contributed by atoms with van der Waals surface area (Å²) in [4.78, 5) is 4.85. The van der Waals surface area contributed by atoms with Crippen LogP contribution in [0.5, 0.6) is 11.5 Å². The molecule has 144 valence electrons. The van der Waals surface area contributed by atoms with E-state index in [0.29, 0.717) is 6.61 Å². The first-order chi connectivity index (χ1) is 13.7. The number of fused-ring (bicyclic) bond motifs is 1. The first kappa shape index (κ1) is 18.7. The lowest BCUT2D eigenvalue weighted by Gasteiger charge is -2.24. The minimum Gasteiger partial charge on any atom is -0.497 e. The zero-order chi connectivity index (χ0) is 19.5. The van der Waals surface area contributed by atoms with Crippen LogP contribution >= 0.6 is 12.2 Å². The summed E-state index contributed by atoms with van der Waals surface area (Å²) < 4.78 is 13.9. The lowest BCUT2D eigenvalue weighted by atomic mass is 9.96. The van der Waals surface area contributed by atoms with Crippen molar-refractivity contribution in [2.24, 2.45) is 0 Å². The second-order valence-electron chi connectivity index (χ2n) is 6.86. The van der Waals surface area contributed by atoms with E-state index in [4.69, 9.17) is 26.7 Å². The van der Waals surface area contributed by atoms with Crippen LogP contribution in [-0.2, 0) is 12.8 Å². The van der Waals surface area contributed by atoms with Gasteiger partial charge in [-0.3, -0.25) is 4.57 Å². The minimum atomic E-state index is 0.658. The molecule has 0 atom stereocenters. The van der Waals surface area contributed by atoms with E-state index in [1.165, 1.54) is 24.1 Å². The molecule has 0 saturated heterocycles. The molecule has 1 aliphatic carbocycles. The smallest absolute Gasteiger partial charge is 0.146 e. The third kappa shape index (κ3) is 3.54. The Balaban J connectivity index is 1.91. The molecule has 1 heterocycles. The van der Waals surface area contributed by atoms with Gasteiger partial charge in [-0.2, -0.15) is 0 Å². The highest BCUT2D eigenvalue weighted by Gasteiger charge is 2.20. The van der Waals surface area contributed by atoms with E-state index in [1.54, 1.807) is 7.11 Å². The van der Waals surface area contributed by atoms with Gasteiger partial charge in [-0.05, 0) is 81.1 Å².